The maximum absolute atomic E-state index is 8.39. The predicted octanol–water partition coefficient (Wildman–Crippen LogP) is 1.74. The van der Waals surface area contributed by atoms with Gasteiger partial charge < -0.3 is 16.4 Å². The van der Waals surface area contributed by atoms with Crippen LogP contribution in [0.25, 0.3) is 0 Å². The molecule has 5 N–H and O–H groups in total. The number of piperidine rings is 1. The van der Waals surface area contributed by atoms with Gasteiger partial charge in [0.1, 0.15) is 11.5 Å². The van der Waals surface area contributed by atoms with E-state index < -0.39 is 0 Å². The Bertz CT molecular complexity index is 779. The lowest BCUT2D eigenvalue weighted by molar-refractivity contribution is 0.258. The SMILES string of the molecule is Cc1ncccc1C(=N)c1ncc(N2CCC(C)(CN)CC2)nc1N. The number of rotatable bonds is 4. The molecule has 0 unspecified atom stereocenters. The van der Waals surface area contributed by atoms with Gasteiger partial charge in [0.15, 0.2) is 5.82 Å². The number of pyridine rings is 1. The van der Waals surface area contributed by atoms with Crippen molar-refractivity contribution in [3.8, 4) is 0 Å². The Morgan fingerprint density at radius 3 is 2.64 bits per heavy atom. The van der Waals surface area contributed by atoms with Crippen LogP contribution in [0, 0.1) is 17.7 Å². The van der Waals surface area contributed by atoms with Gasteiger partial charge >= 0.3 is 0 Å². The van der Waals surface area contributed by atoms with Gasteiger partial charge in [-0.25, -0.2) is 9.97 Å². The highest BCUT2D eigenvalue weighted by atomic mass is 15.2. The summed E-state index contributed by atoms with van der Waals surface area (Å²) in [5, 5.41) is 8.39. The van der Waals surface area contributed by atoms with Crippen molar-refractivity contribution < 1.29 is 0 Å². The van der Waals surface area contributed by atoms with E-state index in [4.69, 9.17) is 16.9 Å². The fraction of sp³-hybridized carbons (Fsp3) is 0.444. The molecule has 25 heavy (non-hydrogen) atoms. The van der Waals surface area contributed by atoms with Crippen LogP contribution in [0.2, 0.25) is 0 Å². The first-order valence-electron chi connectivity index (χ1n) is 8.52. The molecule has 1 saturated heterocycles. The van der Waals surface area contributed by atoms with Gasteiger partial charge in [-0.05, 0) is 43.9 Å². The molecule has 1 aliphatic rings. The average Bonchev–Trinajstić information content (AvgIpc) is 2.62. The second-order valence-electron chi connectivity index (χ2n) is 6.98. The molecule has 7 nitrogen and oxygen atoms in total. The standard InChI is InChI=1S/C18H25N7/c1-12-13(4-3-7-22-12)15(20)16-17(21)24-14(10-23-16)25-8-5-18(2,11-19)6-9-25/h3-4,7,10,20H,5-6,8-9,11,19H2,1-2H3,(H2,21,24). The van der Waals surface area contributed by atoms with Crippen LogP contribution in [0.4, 0.5) is 11.6 Å². The van der Waals surface area contributed by atoms with Crippen LogP contribution < -0.4 is 16.4 Å². The maximum Gasteiger partial charge on any atom is 0.154 e. The first-order valence-corrected chi connectivity index (χ1v) is 8.52. The summed E-state index contributed by atoms with van der Waals surface area (Å²) in [4.78, 5) is 15.3. The Morgan fingerprint density at radius 2 is 2.04 bits per heavy atom. The zero-order valence-corrected chi connectivity index (χ0v) is 14.8. The van der Waals surface area contributed by atoms with E-state index in [0.29, 0.717) is 17.8 Å². The minimum atomic E-state index is 0.204. The van der Waals surface area contributed by atoms with Gasteiger partial charge in [-0.2, -0.15) is 0 Å². The molecule has 0 atom stereocenters. The fourth-order valence-corrected chi connectivity index (χ4v) is 3.09. The highest BCUT2D eigenvalue weighted by Crippen LogP contribution is 2.31. The lowest BCUT2D eigenvalue weighted by atomic mass is 9.80. The Hall–Kier alpha value is -2.54. The van der Waals surface area contributed by atoms with Crippen molar-refractivity contribution in [1.82, 2.24) is 15.0 Å². The second-order valence-corrected chi connectivity index (χ2v) is 6.98. The number of hydrogen-bond donors (Lipinski definition) is 3. The van der Waals surface area contributed by atoms with Crippen LogP contribution in [-0.4, -0.2) is 40.3 Å². The van der Waals surface area contributed by atoms with E-state index in [9.17, 15) is 0 Å². The molecule has 132 valence electrons. The average molecular weight is 339 g/mol. The van der Waals surface area contributed by atoms with Crippen molar-refractivity contribution in [3.05, 3.63) is 41.5 Å². The van der Waals surface area contributed by atoms with Crippen LogP contribution in [0.3, 0.4) is 0 Å². The Kier molecular flexibility index (Phi) is 4.67. The zero-order valence-electron chi connectivity index (χ0n) is 14.8. The number of aryl methyl sites for hydroxylation is 1. The maximum atomic E-state index is 8.39. The highest BCUT2D eigenvalue weighted by Gasteiger charge is 2.29. The van der Waals surface area contributed by atoms with Crippen molar-refractivity contribution in [1.29, 1.82) is 5.41 Å². The number of aromatic nitrogens is 3. The van der Waals surface area contributed by atoms with Crippen LogP contribution in [0.1, 0.15) is 36.7 Å². The van der Waals surface area contributed by atoms with Gasteiger partial charge in [-0.1, -0.05) is 6.92 Å². The minimum Gasteiger partial charge on any atom is -0.382 e. The Morgan fingerprint density at radius 1 is 1.32 bits per heavy atom. The van der Waals surface area contributed by atoms with E-state index in [1.807, 2.05) is 13.0 Å². The summed E-state index contributed by atoms with van der Waals surface area (Å²) in [7, 11) is 0. The van der Waals surface area contributed by atoms with Gasteiger partial charge in [0.25, 0.3) is 0 Å². The smallest absolute Gasteiger partial charge is 0.154 e. The molecule has 0 radical (unpaired) electrons. The third kappa shape index (κ3) is 3.46. The molecule has 0 saturated carbocycles. The molecule has 0 bridgehead atoms. The van der Waals surface area contributed by atoms with Crippen LogP contribution in [0.5, 0.6) is 0 Å². The van der Waals surface area contributed by atoms with E-state index in [1.54, 1.807) is 18.5 Å². The number of nitrogens with two attached hydrogens (primary N) is 2. The van der Waals surface area contributed by atoms with E-state index in [1.165, 1.54) is 0 Å². The first-order chi connectivity index (χ1) is 11.9. The number of hydrogen-bond acceptors (Lipinski definition) is 7. The monoisotopic (exact) mass is 339 g/mol. The number of nitrogens with one attached hydrogen (secondary N) is 1. The topological polar surface area (TPSA) is 118 Å². The quantitative estimate of drug-likeness (QED) is 0.730. The molecule has 2 aromatic heterocycles. The summed E-state index contributed by atoms with van der Waals surface area (Å²) < 4.78 is 0. The number of nitrogen functional groups attached to an aromatic ring is 1. The van der Waals surface area contributed by atoms with Crippen molar-refractivity contribution in [3.63, 3.8) is 0 Å². The summed E-state index contributed by atoms with van der Waals surface area (Å²) in [5.74, 6) is 1.04. The van der Waals surface area contributed by atoms with E-state index >= 15 is 0 Å². The molecule has 0 amide bonds. The molecule has 0 aromatic carbocycles. The lowest BCUT2D eigenvalue weighted by Crippen LogP contribution is -2.42. The Balaban J connectivity index is 1.80. The first kappa shape index (κ1) is 17.3. The zero-order chi connectivity index (χ0) is 18.0. The largest absolute Gasteiger partial charge is 0.382 e. The predicted molar refractivity (Wildman–Crippen MR) is 100.0 cm³/mol. The molecule has 1 fully saturated rings. The molecular formula is C18H25N7. The van der Waals surface area contributed by atoms with E-state index in [2.05, 4.69) is 26.8 Å². The van der Waals surface area contributed by atoms with Gasteiger partial charge in [-0.3, -0.25) is 10.4 Å². The molecule has 2 aromatic rings. The molecule has 0 spiro atoms. The van der Waals surface area contributed by atoms with Gasteiger partial charge in [0.05, 0.1) is 11.9 Å². The third-order valence-corrected chi connectivity index (χ3v) is 5.09. The molecule has 3 rings (SSSR count). The molecule has 1 aliphatic heterocycles. The summed E-state index contributed by atoms with van der Waals surface area (Å²) in [6.07, 6.45) is 5.46. The van der Waals surface area contributed by atoms with Gasteiger partial charge in [0, 0.05) is 30.5 Å². The Labute approximate surface area is 148 Å². The highest BCUT2D eigenvalue weighted by molar-refractivity contribution is 6.12. The van der Waals surface area contributed by atoms with Crippen molar-refractivity contribution in [2.24, 2.45) is 11.1 Å². The van der Waals surface area contributed by atoms with Crippen molar-refractivity contribution in [2.45, 2.75) is 26.7 Å². The third-order valence-electron chi connectivity index (χ3n) is 5.09. The van der Waals surface area contributed by atoms with Crippen LogP contribution in [0.15, 0.2) is 24.5 Å². The minimum absolute atomic E-state index is 0.204. The number of nitrogens with zero attached hydrogens (tertiary/aromatic N) is 4. The molecule has 7 heteroatoms. The van der Waals surface area contributed by atoms with Gasteiger partial charge in [-0.15, -0.1) is 0 Å². The summed E-state index contributed by atoms with van der Waals surface area (Å²) in [5.41, 5.74) is 14.3. The van der Waals surface area contributed by atoms with E-state index in [-0.39, 0.29) is 16.9 Å². The second kappa shape index (κ2) is 6.76. The molecule has 0 aliphatic carbocycles. The fourth-order valence-electron chi connectivity index (χ4n) is 3.09. The summed E-state index contributed by atoms with van der Waals surface area (Å²) in [6, 6.07) is 3.65. The molecular weight excluding hydrogens is 314 g/mol. The van der Waals surface area contributed by atoms with Crippen molar-refractivity contribution >= 4 is 17.3 Å². The van der Waals surface area contributed by atoms with E-state index in [0.717, 1.165) is 37.4 Å². The summed E-state index contributed by atoms with van der Waals surface area (Å²) >= 11 is 0. The lowest BCUT2D eigenvalue weighted by Gasteiger charge is -2.39. The van der Waals surface area contributed by atoms with Crippen molar-refractivity contribution in [2.75, 3.05) is 30.3 Å². The normalized spacial score (nSPS) is 16.7. The van der Waals surface area contributed by atoms with Crippen LogP contribution in [-0.2, 0) is 0 Å². The molecule has 3 heterocycles. The number of anilines is 2. The summed E-state index contributed by atoms with van der Waals surface area (Å²) in [6.45, 7) is 6.57. The van der Waals surface area contributed by atoms with Gasteiger partial charge in [0.2, 0.25) is 0 Å². The van der Waals surface area contributed by atoms with Crippen LogP contribution >= 0.6 is 0 Å².